The molecule has 0 atom stereocenters. The topological polar surface area (TPSA) is 84.3 Å². The fourth-order valence-electron chi connectivity index (χ4n) is 3.95. The predicted octanol–water partition coefficient (Wildman–Crippen LogP) is 3.63. The number of imidazole rings is 1. The summed E-state index contributed by atoms with van der Waals surface area (Å²) < 4.78 is 29.4. The van der Waals surface area contributed by atoms with Crippen molar-refractivity contribution in [2.75, 3.05) is 18.4 Å². The van der Waals surface area contributed by atoms with Crippen molar-refractivity contribution in [2.24, 2.45) is 7.05 Å². The van der Waals surface area contributed by atoms with Crippen LogP contribution in [0.5, 0.6) is 0 Å². The van der Waals surface area contributed by atoms with E-state index in [9.17, 15) is 13.2 Å². The number of hydrogen-bond donors (Lipinski definition) is 1. The van der Waals surface area contributed by atoms with Crippen LogP contribution in [0.1, 0.15) is 37.1 Å². The van der Waals surface area contributed by atoms with Gasteiger partial charge < -0.3 is 9.88 Å². The molecular weight excluding hydrogens is 412 g/mol. The van der Waals surface area contributed by atoms with Gasteiger partial charge in [-0.3, -0.25) is 4.79 Å². The van der Waals surface area contributed by atoms with Gasteiger partial charge in [0.2, 0.25) is 15.9 Å². The van der Waals surface area contributed by atoms with Gasteiger partial charge in [0, 0.05) is 38.7 Å². The first-order valence-electron chi connectivity index (χ1n) is 10.7. The van der Waals surface area contributed by atoms with Crippen LogP contribution in [0.25, 0.3) is 11.0 Å². The molecule has 1 aliphatic rings. The number of amides is 1. The van der Waals surface area contributed by atoms with E-state index in [-0.39, 0.29) is 10.8 Å². The van der Waals surface area contributed by atoms with Crippen molar-refractivity contribution in [2.45, 2.75) is 43.9 Å². The summed E-state index contributed by atoms with van der Waals surface area (Å²) in [5.41, 5.74) is 3.40. The summed E-state index contributed by atoms with van der Waals surface area (Å²) >= 11 is 0. The standard InChI is InChI=1S/C23H28N4O3S/c1-17-6-8-18(9-7-17)24-23(28)13-12-22-25-20-16-19(10-11-21(20)26(22)2)31(29,30)27-14-4-3-5-15-27/h6-11,16H,3-5,12-15H2,1-2H3,(H,24,28). The Morgan fingerprint density at radius 3 is 2.48 bits per heavy atom. The van der Waals surface area contributed by atoms with Gasteiger partial charge in [-0.05, 0) is 50.1 Å². The van der Waals surface area contributed by atoms with Gasteiger partial charge >= 0.3 is 0 Å². The molecule has 1 saturated heterocycles. The Bertz CT molecular complexity index is 1190. The first-order valence-corrected chi connectivity index (χ1v) is 12.1. The van der Waals surface area contributed by atoms with Gasteiger partial charge in [0.15, 0.2) is 0 Å². The van der Waals surface area contributed by atoms with Gasteiger partial charge in [0.25, 0.3) is 0 Å². The largest absolute Gasteiger partial charge is 0.331 e. The quantitative estimate of drug-likeness (QED) is 0.634. The van der Waals surface area contributed by atoms with Crippen LogP contribution >= 0.6 is 0 Å². The number of carbonyl (C=O) groups excluding carboxylic acids is 1. The van der Waals surface area contributed by atoms with Gasteiger partial charge in [-0.2, -0.15) is 4.31 Å². The number of aryl methyl sites for hydroxylation is 3. The number of anilines is 1. The molecule has 1 aromatic heterocycles. The Labute approximate surface area is 183 Å². The van der Waals surface area contributed by atoms with Gasteiger partial charge in [0.1, 0.15) is 5.82 Å². The molecule has 4 rings (SSSR count). The molecule has 164 valence electrons. The molecule has 0 spiro atoms. The normalized spacial score (nSPS) is 15.3. The lowest BCUT2D eigenvalue weighted by atomic mass is 10.2. The molecule has 8 heteroatoms. The third kappa shape index (κ3) is 4.65. The Morgan fingerprint density at radius 1 is 1.06 bits per heavy atom. The number of nitrogens with one attached hydrogen (secondary N) is 1. The van der Waals surface area contributed by atoms with Gasteiger partial charge in [-0.1, -0.05) is 24.1 Å². The molecule has 0 saturated carbocycles. The molecule has 1 aliphatic heterocycles. The maximum absolute atomic E-state index is 13.0. The van der Waals surface area contributed by atoms with Crippen molar-refractivity contribution < 1.29 is 13.2 Å². The number of aromatic nitrogens is 2. The van der Waals surface area contributed by atoms with Gasteiger partial charge in [-0.25, -0.2) is 13.4 Å². The van der Waals surface area contributed by atoms with E-state index in [2.05, 4.69) is 10.3 Å². The number of piperidine rings is 1. The number of nitrogens with zero attached hydrogens (tertiary/aromatic N) is 3. The van der Waals surface area contributed by atoms with E-state index in [1.165, 1.54) is 0 Å². The fraction of sp³-hybridized carbons (Fsp3) is 0.391. The number of fused-ring (bicyclic) bond motifs is 1. The lowest BCUT2D eigenvalue weighted by molar-refractivity contribution is -0.116. The fourth-order valence-corrected chi connectivity index (χ4v) is 5.49. The van der Waals surface area contributed by atoms with Crippen molar-refractivity contribution in [3.63, 3.8) is 0 Å². The third-order valence-corrected chi connectivity index (χ3v) is 7.70. The highest BCUT2D eigenvalue weighted by molar-refractivity contribution is 7.89. The highest BCUT2D eigenvalue weighted by Crippen LogP contribution is 2.25. The number of hydrogen-bond acceptors (Lipinski definition) is 4. The lowest BCUT2D eigenvalue weighted by Gasteiger charge is -2.25. The Balaban J connectivity index is 1.48. The van der Waals surface area contributed by atoms with Crippen molar-refractivity contribution in [3.05, 3.63) is 53.9 Å². The van der Waals surface area contributed by atoms with Crippen LogP contribution in [-0.2, 0) is 28.3 Å². The van der Waals surface area contributed by atoms with E-state index < -0.39 is 10.0 Å². The number of rotatable bonds is 6. The molecule has 7 nitrogen and oxygen atoms in total. The average Bonchev–Trinajstić information content (AvgIpc) is 3.09. The van der Waals surface area contributed by atoms with Crippen LogP contribution in [0.15, 0.2) is 47.4 Å². The zero-order valence-corrected chi connectivity index (χ0v) is 18.8. The highest BCUT2D eigenvalue weighted by Gasteiger charge is 2.26. The molecule has 31 heavy (non-hydrogen) atoms. The molecule has 3 aromatic rings. The zero-order valence-electron chi connectivity index (χ0n) is 18.0. The predicted molar refractivity (Wildman–Crippen MR) is 121 cm³/mol. The smallest absolute Gasteiger partial charge is 0.243 e. The first-order chi connectivity index (χ1) is 14.8. The van der Waals surface area contributed by atoms with Crippen LogP contribution in [-0.4, -0.2) is 41.3 Å². The van der Waals surface area contributed by atoms with Crippen LogP contribution in [0.4, 0.5) is 5.69 Å². The zero-order chi connectivity index (χ0) is 22.0. The molecule has 1 fully saturated rings. The van der Waals surface area contributed by atoms with Gasteiger partial charge in [-0.15, -0.1) is 0 Å². The first kappa shape index (κ1) is 21.5. The third-order valence-electron chi connectivity index (χ3n) is 5.81. The maximum Gasteiger partial charge on any atom is 0.243 e. The summed E-state index contributed by atoms with van der Waals surface area (Å²) in [5.74, 6) is 0.672. The molecule has 0 unspecified atom stereocenters. The minimum absolute atomic E-state index is 0.0794. The molecule has 1 amide bonds. The van der Waals surface area contributed by atoms with Crippen molar-refractivity contribution in [3.8, 4) is 0 Å². The van der Waals surface area contributed by atoms with E-state index in [0.717, 1.165) is 41.9 Å². The molecule has 0 radical (unpaired) electrons. The van der Waals surface area contributed by atoms with E-state index in [0.29, 0.717) is 31.4 Å². The van der Waals surface area contributed by atoms with E-state index >= 15 is 0 Å². The monoisotopic (exact) mass is 440 g/mol. The van der Waals surface area contributed by atoms with Crippen LogP contribution in [0.2, 0.25) is 0 Å². The Morgan fingerprint density at radius 2 is 1.77 bits per heavy atom. The number of carbonyl (C=O) groups is 1. The summed E-state index contributed by atoms with van der Waals surface area (Å²) in [4.78, 5) is 17.2. The van der Waals surface area contributed by atoms with Crippen molar-refractivity contribution in [1.82, 2.24) is 13.9 Å². The molecule has 0 aliphatic carbocycles. The average molecular weight is 441 g/mol. The summed E-state index contributed by atoms with van der Waals surface area (Å²) in [6.45, 7) is 3.15. The minimum Gasteiger partial charge on any atom is -0.331 e. The summed E-state index contributed by atoms with van der Waals surface area (Å²) in [5, 5.41) is 2.90. The molecule has 2 aromatic carbocycles. The Hall–Kier alpha value is -2.71. The second-order valence-electron chi connectivity index (χ2n) is 8.12. The van der Waals surface area contributed by atoms with E-state index in [1.54, 1.807) is 22.5 Å². The van der Waals surface area contributed by atoms with E-state index in [1.807, 2.05) is 42.8 Å². The number of sulfonamides is 1. The second kappa shape index (κ2) is 8.80. The summed E-state index contributed by atoms with van der Waals surface area (Å²) in [7, 11) is -1.61. The SMILES string of the molecule is Cc1ccc(NC(=O)CCc2nc3cc(S(=O)(=O)N4CCCCC4)ccc3n2C)cc1. The summed E-state index contributed by atoms with van der Waals surface area (Å²) in [6, 6.07) is 12.8. The molecule has 1 N–H and O–H groups in total. The number of benzene rings is 2. The minimum atomic E-state index is -3.50. The molecule has 2 heterocycles. The van der Waals surface area contributed by atoms with Crippen LogP contribution in [0, 0.1) is 6.92 Å². The second-order valence-corrected chi connectivity index (χ2v) is 10.1. The highest BCUT2D eigenvalue weighted by atomic mass is 32.2. The van der Waals surface area contributed by atoms with Crippen molar-refractivity contribution >= 4 is 32.7 Å². The maximum atomic E-state index is 13.0. The van der Waals surface area contributed by atoms with Crippen molar-refractivity contribution in [1.29, 1.82) is 0 Å². The van der Waals surface area contributed by atoms with E-state index in [4.69, 9.17) is 0 Å². The molecular formula is C23H28N4O3S. The van der Waals surface area contributed by atoms with Gasteiger partial charge in [0.05, 0.1) is 15.9 Å². The lowest BCUT2D eigenvalue weighted by Crippen LogP contribution is -2.35. The van der Waals surface area contributed by atoms with Crippen LogP contribution < -0.4 is 5.32 Å². The summed E-state index contributed by atoms with van der Waals surface area (Å²) in [6.07, 6.45) is 3.65. The molecule has 0 bridgehead atoms. The van der Waals surface area contributed by atoms with Crippen LogP contribution in [0.3, 0.4) is 0 Å². The Kier molecular flexibility index (Phi) is 6.11.